The summed E-state index contributed by atoms with van der Waals surface area (Å²) in [5.41, 5.74) is 1.99. The van der Waals surface area contributed by atoms with Gasteiger partial charge in [0.1, 0.15) is 5.82 Å². The van der Waals surface area contributed by atoms with Gasteiger partial charge in [0.15, 0.2) is 0 Å². The number of nitro groups is 1. The minimum atomic E-state index is -0.425. The van der Waals surface area contributed by atoms with E-state index in [4.69, 9.17) is 0 Å². The van der Waals surface area contributed by atoms with Gasteiger partial charge in [0, 0.05) is 49.8 Å². The molecule has 27 heavy (non-hydrogen) atoms. The van der Waals surface area contributed by atoms with Crippen LogP contribution in [-0.4, -0.2) is 47.7 Å². The summed E-state index contributed by atoms with van der Waals surface area (Å²) in [6, 6.07) is 12.8. The van der Waals surface area contributed by atoms with E-state index in [1.54, 1.807) is 24.3 Å². The average molecular weight is 389 g/mol. The molecule has 6 nitrogen and oxygen atoms in total. The van der Waals surface area contributed by atoms with E-state index in [1.807, 2.05) is 4.90 Å². The fourth-order valence-corrected chi connectivity index (χ4v) is 3.81. The number of carbonyl (C=O) groups is 1. The molecule has 2 aromatic carbocycles. The Balaban J connectivity index is 1.41. The van der Waals surface area contributed by atoms with Gasteiger partial charge >= 0.3 is 0 Å². The van der Waals surface area contributed by atoms with E-state index in [0.717, 1.165) is 24.3 Å². The Kier molecular flexibility index (Phi) is 6.28. The molecule has 0 aliphatic carbocycles. The van der Waals surface area contributed by atoms with Crippen LogP contribution in [-0.2, 0) is 10.5 Å². The Bertz CT molecular complexity index is 791. The van der Waals surface area contributed by atoms with E-state index in [0.29, 0.717) is 24.6 Å². The van der Waals surface area contributed by atoms with Crippen LogP contribution in [0.5, 0.6) is 0 Å². The molecule has 0 saturated carbocycles. The van der Waals surface area contributed by atoms with Crippen LogP contribution >= 0.6 is 11.8 Å². The second-order valence-corrected chi connectivity index (χ2v) is 7.25. The molecule has 2 aromatic rings. The first-order valence-corrected chi connectivity index (χ1v) is 9.78. The minimum absolute atomic E-state index is 0.0684. The monoisotopic (exact) mass is 389 g/mol. The van der Waals surface area contributed by atoms with Crippen molar-refractivity contribution in [2.45, 2.75) is 5.75 Å². The Morgan fingerprint density at radius 3 is 2.26 bits per heavy atom. The third-order valence-electron chi connectivity index (χ3n) is 4.47. The van der Waals surface area contributed by atoms with Crippen LogP contribution in [0.2, 0.25) is 0 Å². The smallest absolute Gasteiger partial charge is 0.269 e. The Morgan fingerprint density at radius 1 is 1.04 bits per heavy atom. The predicted octanol–water partition coefficient (Wildman–Crippen LogP) is 3.32. The molecular formula is C19H20FN3O3S. The van der Waals surface area contributed by atoms with E-state index < -0.39 is 4.92 Å². The van der Waals surface area contributed by atoms with Gasteiger partial charge in [0.2, 0.25) is 5.91 Å². The number of nitrogens with zero attached hydrogens (tertiary/aromatic N) is 3. The van der Waals surface area contributed by atoms with E-state index >= 15 is 0 Å². The third-order valence-corrected chi connectivity index (χ3v) is 5.45. The van der Waals surface area contributed by atoms with E-state index in [9.17, 15) is 19.3 Å². The lowest BCUT2D eigenvalue weighted by atomic mass is 10.2. The Hall–Kier alpha value is -2.61. The minimum Gasteiger partial charge on any atom is -0.368 e. The number of amides is 1. The zero-order chi connectivity index (χ0) is 19.2. The lowest BCUT2D eigenvalue weighted by Crippen LogP contribution is -2.49. The van der Waals surface area contributed by atoms with Gasteiger partial charge < -0.3 is 9.80 Å². The van der Waals surface area contributed by atoms with E-state index in [1.165, 1.54) is 36.0 Å². The van der Waals surface area contributed by atoms with Gasteiger partial charge in [0.25, 0.3) is 5.69 Å². The van der Waals surface area contributed by atoms with Crippen molar-refractivity contribution < 1.29 is 14.1 Å². The molecule has 142 valence electrons. The lowest BCUT2D eigenvalue weighted by Gasteiger charge is -2.36. The summed E-state index contributed by atoms with van der Waals surface area (Å²) >= 11 is 1.50. The van der Waals surface area contributed by atoms with Crippen LogP contribution in [0.4, 0.5) is 15.8 Å². The van der Waals surface area contributed by atoms with Gasteiger partial charge in [-0.25, -0.2) is 4.39 Å². The molecule has 0 spiro atoms. The zero-order valence-electron chi connectivity index (χ0n) is 14.7. The second kappa shape index (κ2) is 8.85. The highest BCUT2D eigenvalue weighted by Crippen LogP contribution is 2.19. The maximum absolute atomic E-state index is 13.0. The average Bonchev–Trinajstić information content (AvgIpc) is 2.69. The van der Waals surface area contributed by atoms with Gasteiger partial charge in [-0.2, -0.15) is 0 Å². The van der Waals surface area contributed by atoms with Crippen LogP contribution in [0, 0.1) is 15.9 Å². The fraction of sp³-hybridized carbons (Fsp3) is 0.316. The molecule has 1 aliphatic heterocycles. The van der Waals surface area contributed by atoms with Crippen LogP contribution in [0.1, 0.15) is 5.56 Å². The molecule has 1 saturated heterocycles. The van der Waals surface area contributed by atoms with Crippen molar-refractivity contribution in [3.8, 4) is 0 Å². The molecule has 0 atom stereocenters. The third kappa shape index (κ3) is 5.19. The number of non-ortho nitro benzene ring substituents is 1. The standard InChI is InChI=1S/C19H20FN3O3S/c20-16-3-7-17(8-4-16)21-9-11-22(12-10-21)19(24)14-27-13-15-1-5-18(6-2-15)23(25)26/h1-8H,9-14H2. The normalized spacial score (nSPS) is 14.3. The summed E-state index contributed by atoms with van der Waals surface area (Å²) in [5, 5.41) is 10.6. The number of benzene rings is 2. The van der Waals surface area contributed by atoms with Crippen molar-refractivity contribution in [1.29, 1.82) is 0 Å². The maximum Gasteiger partial charge on any atom is 0.269 e. The maximum atomic E-state index is 13.0. The number of hydrogen-bond donors (Lipinski definition) is 0. The number of halogens is 1. The number of rotatable bonds is 6. The number of carbonyl (C=O) groups excluding carboxylic acids is 1. The molecule has 1 aliphatic rings. The van der Waals surface area contributed by atoms with Crippen LogP contribution in [0.25, 0.3) is 0 Å². The van der Waals surface area contributed by atoms with Crippen LogP contribution in [0.3, 0.4) is 0 Å². The SMILES string of the molecule is O=C(CSCc1ccc([N+](=O)[O-])cc1)N1CCN(c2ccc(F)cc2)CC1. The summed E-state index contributed by atoms with van der Waals surface area (Å²) in [5.74, 6) is 0.866. The molecular weight excluding hydrogens is 369 g/mol. The highest BCUT2D eigenvalue weighted by Gasteiger charge is 2.21. The Morgan fingerprint density at radius 2 is 1.67 bits per heavy atom. The van der Waals surface area contributed by atoms with Gasteiger partial charge in [-0.05, 0) is 29.8 Å². The first kappa shape index (κ1) is 19.2. The molecule has 1 fully saturated rings. The Labute approximate surface area is 161 Å². The highest BCUT2D eigenvalue weighted by atomic mass is 32.2. The number of anilines is 1. The summed E-state index contributed by atoms with van der Waals surface area (Å²) < 4.78 is 13.0. The number of hydrogen-bond acceptors (Lipinski definition) is 5. The van der Waals surface area contributed by atoms with Gasteiger partial charge in [-0.15, -0.1) is 11.8 Å². The molecule has 3 rings (SSSR count). The lowest BCUT2D eigenvalue weighted by molar-refractivity contribution is -0.384. The molecule has 8 heteroatoms. The van der Waals surface area contributed by atoms with Crippen LogP contribution in [0.15, 0.2) is 48.5 Å². The molecule has 1 amide bonds. The van der Waals surface area contributed by atoms with Gasteiger partial charge in [-0.1, -0.05) is 12.1 Å². The number of thioether (sulfide) groups is 1. The van der Waals surface area contributed by atoms with Crippen molar-refractivity contribution in [3.63, 3.8) is 0 Å². The van der Waals surface area contributed by atoms with Crippen molar-refractivity contribution in [3.05, 3.63) is 70.0 Å². The predicted molar refractivity (Wildman–Crippen MR) is 104 cm³/mol. The van der Waals surface area contributed by atoms with Crippen molar-refractivity contribution >= 4 is 29.0 Å². The van der Waals surface area contributed by atoms with Crippen molar-refractivity contribution in [1.82, 2.24) is 4.90 Å². The quantitative estimate of drug-likeness (QED) is 0.560. The van der Waals surface area contributed by atoms with Crippen molar-refractivity contribution in [2.24, 2.45) is 0 Å². The summed E-state index contributed by atoms with van der Waals surface area (Å²) in [7, 11) is 0. The van der Waals surface area contributed by atoms with Crippen LogP contribution < -0.4 is 4.90 Å². The molecule has 0 unspecified atom stereocenters. The molecule has 1 heterocycles. The summed E-state index contributed by atoms with van der Waals surface area (Å²) in [6.07, 6.45) is 0. The molecule has 0 aromatic heterocycles. The zero-order valence-corrected chi connectivity index (χ0v) is 15.5. The fourth-order valence-electron chi connectivity index (χ4n) is 2.93. The molecule has 0 N–H and O–H groups in total. The molecule has 0 radical (unpaired) electrons. The van der Waals surface area contributed by atoms with Gasteiger partial charge in [0.05, 0.1) is 10.7 Å². The number of nitro benzene ring substituents is 1. The summed E-state index contributed by atoms with van der Waals surface area (Å²) in [4.78, 5) is 26.6. The largest absolute Gasteiger partial charge is 0.368 e. The first-order valence-electron chi connectivity index (χ1n) is 8.62. The van der Waals surface area contributed by atoms with Gasteiger partial charge in [-0.3, -0.25) is 14.9 Å². The summed E-state index contributed by atoms with van der Waals surface area (Å²) in [6.45, 7) is 2.75. The molecule has 0 bridgehead atoms. The first-order chi connectivity index (χ1) is 13.0. The topological polar surface area (TPSA) is 66.7 Å². The van der Waals surface area contributed by atoms with E-state index in [-0.39, 0.29) is 17.4 Å². The van der Waals surface area contributed by atoms with Crippen molar-refractivity contribution in [2.75, 3.05) is 36.8 Å². The highest BCUT2D eigenvalue weighted by molar-refractivity contribution is 7.99. The number of piperazine rings is 1. The van der Waals surface area contributed by atoms with E-state index in [2.05, 4.69) is 4.90 Å². The second-order valence-electron chi connectivity index (χ2n) is 6.26.